The number of fused-ring (bicyclic) bond motifs is 2. The lowest BCUT2D eigenvalue weighted by Gasteiger charge is -2.28. The molecule has 2 amide bonds. The third kappa shape index (κ3) is 4.36. The monoisotopic (exact) mass is 531 g/mol. The lowest BCUT2D eigenvalue weighted by Crippen LogP contribution is -2.54. The summed E-state index contributed by atoms with van der Waals surface area (Å²) in [7, 11) is 0. The fraction of sp³-hybridized carbons (Fsp3) is 0.0323. The molecule has 4 aromatic carbocycles. The largest absolute Gasteiger partial charge is 0.478 e. The average molecular weight is 532 g/mol. The maximum Gasteiger partial charge on any atom is 0.335 e. The standard InChI is InChI=1S/C31H21N3O4S/c35-28-26(29(36)34(31(39)32-28)23-14-12-20(13-15-23)30(37)38)16-22-18-33(27-11-4-3-10-25(22)27)17-21-8-5-7-19-6-1-2-9-24(19)21/h1-16,18H,17H2,(H,37,38)(H,32,35,39)/b26-16+. The van der Waals surface area contributed by atoms with Gasteiger partial charge in [-0.3, -0.25) is 19.8 Å². The molecule has 1 aromatic heterocycles. The number of para-hydroxylation sites is 1. The number of amides is 2. The quantitative estimate of drug-likeness (QED) is 0.181. The first kappa shape index (κ1) is 24.3. The summed E-state index contributed by atoms with van der Waals surface area (Å²) in [6.07, 6.45) is 3.53. The van der Waals surface area contributed by atoms with Gasteiger partial charge in [0.05, 0.1) is 11.3 Å². The Morgan fingerprint density at radius 3 is 2.33 bits per heavy atom. The van der Waals surface area contributed by atoms with Gasteiger partial charge in [-0.2, -0.15) is 0 Å². The zero-order valence-corrected chi connectivity index (χ0v) is 21.3. The summed E-state index contributed by atoms with van der Waals surface area (Å²) in [4.78, 5) is 38.9. The van der Waals surface area contributed by atoms with E-state index in [1.165, 1.54) is 29.2 Å². The maximum atomic E-state index is 13.5. The molecule has 2 N–H and O–H groups in total. The lowest BCUT2D eigenvalue weighted by molar-refractivity contribution is -0.122. The van der Waals surface area contributed by atoms with Gasteiger partial charge < -0.3 is 9.67 Å². The first-order chi connectivity index (χ1) is 18.9. The Morgan fingerprint density at radius 1 is 0.872 bits per heavy atom. The van der Waals surface area contributed by atoms with Crippen molar-refractivity contribution in [3.8, 4) is 0 Å². The molecule has 0 aliphatic carbocycles. The molecule has 1 fully saturated rings. The maximum absolute atomic E-state index is 13.5. The van der Waals surface area contributed by atoms with Crippen LogP contribution in [0.4, 0.5) is 5.69 Å². The minimum Gasteiger partial charge on any atom is -0.478 e. The molecule has 7 nitrogen and oxygen atoms in total. The van der Waals surface area contributed by atoms with E-state index in [0.717, 1.165) is 32.8 Å². The molecule has 0 spiro atoms. The van der Waals surface area contributed by atoms with Gasteiger partial charge in [0.15, 0.2) is 5.11 Å². The number of carbonyl (C=O) groups is 3. The molecule has 0 radical (unpaired) electrons. The van der Waals surface area contributed by atoms with E-state index in [1.807, 2.05) is 48.7 Å². The van der Waals surface area contributed by atoms with Crippen LogP contribution >= 0.6 is 12.2 Å². The van der Waals surface area contributed by atoms with E-state index in [0.29, 0.717) is 12.2 Å². The van der Waals surface area contributed by atoms with Crippen LogP contribution in [0, 0.1) is 0 Å². The zero-order valence-electron chi connectivity index (χ0n) is 20.5. The van der Waals surface area contributed by atoms with Crippen molar-refractivity contribution < 1.29 is 19.5 Å². The van der Waals surface area contributed by atoms with Gasteiger partial charge in [0.1, 0.15) is 5.57 Å². The Kier molecular flexibility index (Phi) is 6.01. The molecule has 0 unspecified atom stereocenters. The normalized spacial score (nSPS) is 14.8. The van der Waals surface area contributed by atoms with E-state index in [2.05, 4.69) is 34.1 Å². The first-order valence-corrected chi connectivity index (χ1v) is 12.6. The summed E-state index contributed by atoms with van der Waals surface area (Å²) in [5, 5.41) is 14.9. The minimum atomic E-state index is -1.08. The van der Waals surface area contributed by atoms with Crippen molar-refractivity contribution in [1.82, 2.24) is 9.88 Å². The average Bonchev–Trinajstić information content (AvgIpc) is 3.28. The van der Waals surface area contributed by atoms with Gasteiger partial charge >= 0.3 is 5.97 Å². The lowest BCUT2D eigenvalue weighted by atomic mass is 10.0. The van der Waals surface area contributed by atoms with Gasteiger partial charge in [-0.15, -0.1) is 0 Å². The number of nitrogens with zero attached hydrogens (tertiary/aromatic N) is 2. The van der Waals surface area contributed by atoms with E-state index in [4.69, 9.17) is 12.2 Å². The third-order valence-corrected chi connectivity index (χ3v) is 7.10. The fourth-order valence-electron chi connectivity index (χ4n) is 4.94. The summed E-state index contributed by atoms with van der Waals surface area (Å²) in [5.41, 5.74) is 3.21. The third-order valence-electron chi connectivity index (χ3n) is 6.81. The Labute approximate surface area is 228 Å². The number of hydrogen-bond acceptors (Lipinski definition) is 4. The summed E-state index contributed by atoms with van der Waals surface area (Å²) >= 11 is 5.28. The van der Waals surface area contributed by atoms with Crippen molar-refractivity contribution >= 4 is 68.6 Å². The summed E-state index contributed by atoms with van der Waals surface area (Å²) < 4.78 is 2.11. The van der Waals surface area contributed by atoms with E-state index >= 15 is 0 Å². The van der Waals surface area contributed by atoms with Gasteiger partial charge in [-0.1, -0.05) is 60.7 Å². The van der Waals surface area contributed by atoms with Crippen LogP contribution in [-0.4, -0.2) is 32.6 Å². The SMILES string of the molecule is O=C1NC(=S)N(c2ccc(C(=O)O)cc2)C(=O)/C1=C/c1cn(Cc2cccc3ccccc23)c2ccccc12. The number of nitrogens with one attached hydrogen (secondary N) is 1. The second-order valence-electron chi connectivity index (χ2n) is 9.18. The summed E-state index contributed by atoms with van der Waals surface area (Å²) in [6, 6.07) is 28.0. The number of benzene rings is 4. The highest BCUT2D eigenvalue weighted by molar-refractivity contribution is 7.80. The number of rotatable bonds is 5. The molecule has 39 heavy (non-hydrogen) atoms. The second kappa shape index (κ2) is 9.66. The Balaban J connectivity index is 1.40. The molecular formula is C31H21N3O4S. The molecule has 190 valence electrons. The molecule has 0 saturated carbocycles. The van der Waals surface area contributed by atoms with E-state index < -0.39 is 17.8 Å². The molecule has 8 heteroatoms. The van der Waals surface area contributed by atoms with Crippen LogP contribution in [0.2, 0.25) is 0 Å². The highest BCUT2D eigenvalue weighted by Crippen LogP contribution is 2.28. The van der Waals surface area contributed by atoms with Gasteiger partial charge in [0.2, 0.25) is 0 Å². The number of aromatic carboxylic acids is 1. The first-order valence-electron chi connectivity index (χ1n) is 12.2. The predicted molar refractivity (Wildman–Crippen MR) is 155 cm³/mol. The summed E-state index contributed by atoms with van der Waals surface area (Å²) in [6.45, 7) is 0.608. The molecule has 0 atom stereocenters. The second-order valence-corrected chi connectivity index (χ2v) is 9.56. The number of thiocarbonyl (C=S) groups is 1. The Morgan fingerprint density at radius 2 is 1.56 bits per heavy atom. The van der Waals surface area contributed by atoms with Crippen LogP contribution in [-0.2, 0) is 16.1 Å². The van der Waals surface area contributed by atoms with Gasteiger partial charge in [-0.05, 0) is 65.0 Å². The van der Waals surface area contributed by atoms with Crippen molar-refractivity contribution in [2.45, 2.75) is 6.54 Å². The number of carboxylic acid groups (broad SMARTS) is 1. The van der Waals surface area contributed by atoms with Gasteiger partial charge in [0.25, 0.3) is 11.8 Å². The van der Waals surface area contributed by atoms with E-state index in [-0.39, 0.29) is 16.2 Å². The molecular weight excluding hydrogens is 510 g/mol. The molecule has 1 aliphatic rings. The van der Waals surface area contributed by atoms with E-state index in [9.17, 15) is 19.5 Å². The Hall–Kier alpha value is -5.08. The summed E-state index contributed by atoms with van der Waals surface area (Å²) in [5.74, 6) is -2.25. The van der Waals surface area contributed by atoms with Crippen molar-refractivity contribution in [3.63, 3.8) is 0 Å². The van der Waals surface area contributed by atoms with Crippen molar-refractivity contribution in [2.75, 3.05) is 4.90 Å². The van der Waals surface area contributed by atoms with Crippen LogP contribution in [0.5, 0.6) is 0 Å². The van der Waals surface area contributed by atoms with Crippen molar-refractivity contribution in [3.05, 3.63) is 119 Å². The van der Waals surface area contributed by atoms with Crippen molar-refractivity contribution in [1.29, 1.82) is 0 Å². The van der Waals surface area contributed by atoms with Crippen LogP contribution in [0.3, 0.4) is 0 Å². The number of anilines is 1. The van der Waals surface area contributed by atoms with Crippen LogP contribution in [0.25, 0.3) is 27.8 Å². The van der Waals surface area contributed by atoms with Crippen LogP contribution < -0.4 is 10.2 Å². The van der Waals surface area contributed by atoms with Gasteiger partial charge in [0, 0.05) is 29.2 Å². The molecule has 6 rings (SSSR count). The van der Waals surface area contributed by atoms with E-state index in [1.54, 1.807) is 6.08 Å². The zero-order chi connectivity index (χ0) is 27.1. The molecule has 1 saturated heterocycles. The van der Waals surface area contributed by atoms with Crippen molar-refractivity contribution in [2.24, 2.45) is 0 Å². The number of hydrogen-bond donors (Lipinski definition) is 2. The number of carbonyl (C=O) groups excluding carboxylic acids is 2. The topological polar surface area (TPSA) is 91.6 Å². The Bertz CT molecular complexity index is 1850. The highest BCUT2D eigenvalue weighted by atomic mass is 32.1. The van der Waals surface area contributed by atoms with Crippen LogP contribution in [0.1, 0.15) is 21.5 Å². The van der Waals surface area contributed by atoms with Crippen LogP contribution in [0.15, 0.2) is 103 Å². The molecule has 0 bridgehead atoms. The number of carboxylic acids is 1. The highest BCUT2D eigenvalue weighted by Gasteiger charge is 2.34. The fourth-order valence-corrected chi connectivity index (χ4v) is 5.22. The molecule has 2 heterocycles. The number of aromatic nitrogens is 1. The van der Waals surface area contributed by atoms with Gasteiger partial charge in [-0.25, -0.2) is 4.79 Å². The smallest absolute Gasteiger partial charge is 0.335 e. The predicted octanol–water partition coefficient (Wildman–Crippen LogP) is 5.37. The molecule has 1 aliphatic heterocycles. The minimum absolute atomic E-state index is 0.0661. The molecule has 5 aromatic rings.